The summed E-state index contributed by atoms with van der Waals surface area (Å²) in [7, 11) is -2.83. The standard InChI is InChI=1S/C6H12N2O5P/c1-3(7)5(9)12-14(11)13-6(10)4(2)8/h3-4H,7-8H2,1-2H3/q+1/t3-,4-/m0/s1. The Hall–Kier alpha value is -1.04. The molecule has 0 saturated heterocycles. The summed E-state index contributed by atoms with van der Waals surface area (Å²) in [5, 5.41) is 0. The van der Waals surface area contributed by atoms with Crippen molar-refractivity contribution in [3.63, 3.8) is 0 Å². The lowest BCUT2D eigenvalue weighted by molar-refractivity contribution is -0.139. The molecule has 80 valence electrons. The first-order valence-electron chi connectivity index (χ1n) is 3.76. The highest BCUT2D eigenvalue weighted by molar-refractivity contribution is 7.34. The van der Waals surface area contributed by atoms with Crippen LogP contribution in [0.15, 0.2) is 0 Å². The second kappa shape index (κ2) is 5.64. The average molecular weight is 223 g/mol. The van der Waals surface area contributed by atoms with Crippen LogP contribution in [0.1, 0.15) is 13.8 Å². The van der Waals surface area contributed by atoms with E-state index < -0.39 is 32.3 Å². The second-order valence-corrected chi connectivity index (χ2v) is 3.43. The lowest BCUT2D eigenvalue weighted by atomic mass is 10.4. The van der Waals surface area contributed by atoms with E-state index in [0.717, 1.165) is 0 Å². The van der Waals surface area contributed by atoms with Crippen LogP contribution in [-0.2, 0) is 23.2 Å². The lowest BCUT2D eigenvalue weighted by Gasteiger charge is -1.97. The molecule has 0 saturated carbocycles. The summed E-state index contributed by atoms with van der Waals surface area (Å²) >= 11 is 0. The number of hydrogen-bond acceptors (Lipinski definition) is 7. The van der Waals surface area contributed by atoms with Gasteiger partial charge in [0.25, 0.3) is 0 Å². The van der Waals surface area contributed by atoms with Gasteiger partial charge in [-0.05, 0) is 13.8 Å². The van der Waals surface area contributed by atoms with Crippen molar-refractivity contribution in [2.24, 2.45) is 11.5 Å². The molecule has 0 aliphatic rings. The van der Waals surface area contributed by atoms with Crippen LogP contribution in [0.4, 0.5) is 0 Å². The predicted molar refractivity (Wildman–Crippen MR) is 47.1 cm³/mol. The fourth-order valence-electron chi connectivity index (χ4n) is 0.332. The number of nitrogens with two attached hydrogens (primary N) is 2. The van der Waals surface area contributed by atoms with Crippen LogP contribution >= 0.6 is 8.25 Å². The van der Waals surface area contributed by atoms with Gasteiger partial charge in [0.2, 0.25) is 0 Å². The summed E-state index contributed by atoms with van der Waals surface area (Å²) in [6.07, 6.45) is 0. The van der Waals surface area contributed by atoms with Gasteiger partial charge in [-0.3, -0.25) is 0 Å². The van der Waals surface area contributed by atoms with Crippen molar-refractivity contribution in [1.82, 2.24) is 0 Å². The Morgan fingerprint density at radius 2 is 1.36 bits per heavy atom. The Labute approximate surface area is 81.7 Å². The molecule has 0 spiro atoms. The molecule has 0 aromatic rings. The maximum Gasteiger partial charge on any atom is 0.811 e. The smallest absolute Gasteiger partial charge is 0.318 e. The molecule has 0 heterocycles. The highest BCUT2D eigenvalue weighted by atomic mass is 31.1. The van der Waals surface area contributed by atoms with Crippen LogP contribution in [-0.4, -0.2) is 24.0 Å². The minimum absolute atomic E-state index is 0.913. The van der Waals surface area contributed by atoms with Crippen molar-refractivity contribution in [1.29, 1.82) is 0 Å². The van der Waals surface area contributed by atoms with E-state index in [9.17, 15) is 14.2 Å². The van der Waals surface area contributed by atoms with E-state index in [2.05, 4.69) is 9.05 Å². The quantitative estimate of drug-likeness (QED) is 0.611. The molecule has 2 atom stereocenters. The molecule has 0 unspecified atom stereocenters. The summed E-state index contributed by atoms with van der Waals surface area (Å²) in [6.45, 7) is 2.69. The molecule has 0 aromatic heterocycles. The molecule has 7 nitrogen and oxygen atoms in total. The Morgan fingerprint density at radius 3 is 1.57 bits per heavy atom. The van der Waals surface area contributed by atoms with Gasteiger partial charge in [0.05, 0.1) is 0 Å². The summed E-state index contributed by atoms with van der Waals surface area (Å²) in [5.41, 5.74) is 10.2. The Morgan fingerprint density at radius 1 is 1.07 bits per heavy atom. The molecule has 0 aliphatic heterocycles. The van der Waals surface area contributed by atoms with Crippen molar-refractivity contribution in [2.75, 3.05) is 0 Å². The Kier molecular flexibility index (Phi) is 5.22. The summed E-state index contributed by atoms with van der Waals surface area (Å²) in [6, 6.07) is -1.86. The van der Waals surface area contributed by atoms with Gasteiger partial charge in [-0.1, -0.05) is 0 Å². The van der Waals surface area contributed by atoms with E-state index >= 15 is 0 Å². The van der Waals surface area contributed by atoms with Gasteiger partial charge in [0.1, 0.15) is 12.1 Å². The molecule has 0 aromatic carbocycles. The van der Waals surface area contributed by atoms with Gasteiger partial charge >= 0.3 is 20.2 Å². The molecular formula is C6H12N2O5P+. The number of hydrogen-bond donors (Lipinski definition) is 2. The topological polar surface area (TPSA) is 122 Å². The number of carbonyl (C=O) groups is 2. The molecular weight excluding hydrogens is 211 g/mol. The third-order valence-electron chi connectivity index (χ3n) is 1.07. The Bertz CT molecular complexity index is 229. The third-order valence-corrected chi connectivity index (χ3v) is 1.73. The molecule has 0 fully saturated rings. The highest BCUT2D eigenvalue weighted by Crippen LogP contribution is 2.24. The van der Waals surface area contributed by atoms with Gasteiger partial charge in [-0.25, -0.2) is 9.59 Å². The molecule has 8 heteroatoms. The van der Waals surface area contributed by atoms with Crippen molar-refractivity contribution < 1.29 is 23.2 Å². The fourth-order valence-corrected chi connectivity index (χ4v) is 0.995. The summed E-state index contributed by atoms with van der Waals surface area (Å²) in [5.74, 6) is -1.83. The van der Waals surface area contributed by atoms with E-state index in [4.69, 9.17) is 11.5 Å². The van der Waals surface area contributed by atoms with Crippen LogP contribution < -0.4 is 11.5 Å². The van der Waals surface area contributed by atoms with Crippen LogP contribution in [0.3, 0.4) is 0 Å². The maximum atomic E-state index is 10.8. The van der Waals surface area contributed by atoms with Gasteiger partial charge in [0, 0.05) is 4.57 Å². The maximum absolute atomic E-state index is 10.8. The third kappa shape index (κ3) is 4.86. The van der Waals surface area contributed by atoms with Crippen molar-refractivity contribution in [3.8, 4) is 0 Å². The van der Waals surface area contributed by atoms with Crippen LogP contribution in [0.2, 0.25) is 0 Å². The van der Waals surface area contributed by atoms with Gasteiger partial charge in [-0.2, -0.15) is 9.05 Å². The first-order chi connectivity index (χ1) is 6.34. The van der Waals surface area contributed by atoms with Crippen molar-refractivity contribution in [2.45, 2.75) is 25.9 Å². The molecule has 0 rings (SSSR count). The van der Waals surface area contributed by atoms with Crippen molar-refractivity contribution >= 4 is 20.2 Å². The van der Waals surface area contributed by atoms with Crippen molar-refractivity contribution in [3.05, 3.63) is 0 Å². The van der Waals surface area contributed by atoms with E-state index in [1.165, 1.54) is 13.8 Å². The van der Waals surface area contributed by atoms with Crippen LogP contribution in [0, 0.1) is 0 Å². The first-order valence-corrected chi connectivity index (χ1v) is 4.86. The molecule has 0 amide bonds. The zero-order chi connectivity index (χ0) is 11.3. The minimum Gasteiger partial charge on any atom is -0.318 e. The number of rotatable bonds is 4. The first kappa shape index (κ1) is 13.0. The van der Waals surface area contributed by atoms with E-state index in [-0.39, 0.29) is 0 Å². The predicted octanol–water partition coefficient (Wildman–Crippen LogP) is -0.575. The van der Waals surface area contributed by atoms with E-state index in [1.807, 2.05) is 0 Å². The van der Waals surface area contributed by atoms with Gasteiger partial charge in [-0.15, -0.1) is 0 Å². The van der Waals surface area contributed by atoms with Gasteiger partial charge in [0.15, 0.2) is 0 Å². The fraction of sp³-hybridized carbons (Fsp3) is 0.667. The Balaban J connectivity index is 4.00. The summed E-state index contributed by atoms with van der Waals surface area (Å²) < 4.78 is 19.2. The average Bonchev–Trinajstić information content (AvgIpc) is 2.03. The monoisotopic (exact) mass is 223 g/mol. The molecule has 0 radical (unpaired) electrons. The largest absolute Gasteiger partial charge is 0.811 e. The van der Waals surface area contributed by atoms with E-state index in [0.29, 0.717) is 0 Å². The van der Waals surface area contributed by atoms with Crippen LogP contribution in [0.5, 0.6) is 0 Å². The number of carbonyl (C=O) groups excluding carboxylic acids is 2. The normalized spacial score (nSPS) is 14.0. The zero-order valence-corrected chi connectivity index (χ0v) is 8.69. The minimum atomic E-state index is -2.83. The second-order valence-electron chi connectivity index (χ2n) is 2.62. The molecule has 4 N–H and O–H groups in total. The lowest BCUT2D eigenvalue weighted by Crippen LogP contribution is -2.29. The molecule has 0 bridgehead atoms. The zero-order valence-electron chi connectivity index (χ0n) is 7.80. The molecule has 14 heavy (non-hydrogen) atoms. The molecule has 0 aliphatic carbocycles. The van der Waals surface area contributed by atoms with Gasteiger partial charge < -0.3 is 11.5 Å². The van der Waals surface area contributed by atoms with Crippen LogP contribution in [0.25, 0.3) is 0 Å². The highest BCUT2D eigenvalue weighted by Gasteiger charge is 2.33. The van der Waals surface area contributed by atoms with E-state index in [1.54, 1.807) is 0 Å². The SMILES string of the molecule is C[C@H](N)C(=O)O[P+](=O)OC(=O)[C@H](C)N. The summed E-state index contributed by atoms with van der Waals surface area (Å²) in [4.78, 5) is 21.5.